The molecule has 0 aliphatic rings. The van der Waals surface area contributed by atoms with Gasteiger partial charge in [-0.05, 0) is 37.6 Å². The van der Waals surface area contributed by atoms with Crippen molar-refractivity contribution in [2.45, 2.75) is 24.3 Å². The number of rotatable bonds is 9. The summed E-state index contributed by atoms with van der Waals surface area (Å²) in [6.45, 7) is 2.46. The van der Waals surface area contributed by atoms with E-state index in [9.17, 15) is 13.2 Å². The molecule has 1 unspecified atom stereocenters. The average molecular weight is 330 g/mol. The molecule has 22 heavy (non-hydrogen) atoms. The molecule has 0 aliphatic carbocycles. The summed E-state index contributed by atoms with van der Waals surface area (Å²) in [4.78, 5) is 11.9. The van der Waals surface area contributed by atoms with Gasteiger partial charge in [-0.15, -0.1) is 0 Å². The maximum absolute atomic E-state index is 12.2. The number of methoxy groups -OCH3 is 2. The van der Waals surface area contributed by atoms with Gasteiger partial charge in [0.05, 0.1) is 18.0 Å². The Balaban J connectivity index is 2.60. The maximum Gasteiger partial charge on any atom is 0.241 e. The summed E-state index contributed by atoms with van der Waals surface area (Å²) < 4.78 is 36.5. The fourth-order valence-corrected chi connectivity index (χ4v) is 2.89. The van der Waals surface area contributed by atoms with E-state index in [1.54, 1.807) is 19.2 Å². The first-order chi connectivity index (χ1) is 10.4. The zero-order valence-corrected chi connectivity index (χ0v) is 13.8. The summed E-state index contributed by atoms with van der Waals surface area (Å²) in [6, 6.07) is 5.07. The first kappa shape index (κ1) is 18.4. The fraction of sp³-hybridized carbons (Fsp3) is 0.500. The van der Waals surface area contributed by atoms with Gasteiger partial charge in [-0.3, -0.25) is 4.79 Å². The predicted octanol–water partition coefficient (Wildman–Crippen LogP) is 0.515. The van der Waals surface area contributed by atoms with Crippen molar-refractivity contribution >= 4 is 15.9 Å². The minimum Gasteiger partial charge on any atom is -0.497 e. The number of sulfonamides is 1. The van der Waals surface area contributed by atoms with Gasteiger partial charge in [0.1, 0.15) is 5.75 Å². The molecule has 7 nitrogen and oxygen atoms in total. The number of amides is 1. The SMILES string of the molecule is COCCCNC(=O)C(C)NS(=O)(=O)c1ccc(OC)cc1. The highest BCUT2D eigenvalue weighted by atomic mass is 32.2. The standard InChI is InChI=1S/C14H22N2O5S/c1-11(14(17)15-9-4-10-20-2)16-22(18,19)13-7-5-12(21-3)6-8-13/h5-8,11,16H,4,9-10H2,1-3H3,(H,15,17). The Morgan fingerprint density at radius 1 is 1.23 bits per heavy atom. The predicted molar refractivity (Wildman–Crippen MR) is 82.3 cm³/mol. The first-order valence-corrected chi connectivity index (χ1v) is 8.32. The molecular weight excluding hydrogens is 308 g/mol. The number of nitrogens with one attached hydrogen (secondary N) is 2. The molecule has 1 rings (SSSR count). The molecule has 1 amide bonds. The molecule has 0 aliphatic heterocycles. The summed E-state index contributed by atoms with van der Waals surface area (Å²) in [5.74, 6) is 0.177. The second kappa shape index (κ2) is 8.72. The van der Waals surface area contributed by atoms with Crippen LogP contribution in [-0.2, 0) is 19.6 Å². The van der Waals surface area contributed by atoms with Gasteiger partial charge >= 0.3 is 0 Å². The van der Waals surface area contributed by atoms with Crippen molar-refractivity contribution < 1.29 is 22.7 Å². The second-order valence-electron chi connectivity index (χ2n) is 4.66. The molecule has 1 atom stereocenters. The van der Waals surface area contributed by atoms with Crippen LogP contribution in [0.3, 0.4) is 0 Å². The lowest BCUT2D eigenvalue weighted by Gasteiger charge is -2.14. The number of benzene rings is 1. The number of carbonyl (C=O) groups excluding carboxylic acids is 1. The van der Waals surface area contributed by atoms with E-state index in [-0.39, 0.29) is 10.8 Å². The van der Waals surface area contributed by atoms with Crippen molar-refractivity contribution in [2.75, 3.05) is 27.4 Å². The van der Waals surface area contributed by atoms with Crippen LogP contribution in [0.2, 0.25) is 0 Å². The van der Waals surface area contributed by atoms with Gasteiger partial charge in [0.15, 0.2) is 0 Å². The van der Waals surface area contributed by atoms with Crippen molar-refractivity contribution in [2.24, 2.45) is 0 Å². The molecule has 1 aromatic rings. The quantitative estimate of drug-likeness (QED) is 0.644. The number of hydrogen-bond donors (Lipinski definition) is 2. The number of hydrogen-bond acceptors (Lipinski definition) is 5. The Morgan fingerprint density at radius 2 is 1.86 bits per heavy atom. The van der Waals surface area contributed by atoms with Crippen molar-refractivity contribution in [3.63, 3.8) is 0 Å². The number of ether oxygens (including phenoxy) is 2. The highest BCUT2D eigenvalue weighted by Crippen LogP contribution is 2.15. The summed E-state index contributed by atoms with van der Waals surface area (Å²) in [7, 11) is -0.681. The van der Waals surface area contributed by atoms with Gasteiger partial charge in [-0.2, -0.15) is 4.72 Å². The summed E-state index contributed by atoms with van der Waals surface area (Å²) in [6.07, 6.45) is 0.667. The molecule has 2 N–H and O–H groups in total. The van der Waals surface area contributed by atoms with Gasteiger partial charge in [0.25, 0.3) is 0 Å². The minimum absolute atomic E-state index is 0.0762. The monoisotopic (exact) mass is 330 g/mol. The van der Waals surface area contributed by atoms with Gasteiger partial charge in [-0.25, -0.2) is 8.42 Å². The van der Waals surface area contributed by atoms with Crippen LogP contribution in [-0.4, -0.2) is 47.7 Å². The third-order valence-corrected chi connectivity index (χ3v) is 4.48. The Hall–Kier alpha value is -1.64. The Bertz CT molecular complexity index is 571. The van der Waals surface area contributed by atoms with E-state index in [0.29, 0.717) is 25.3 Å². The Morgan fingerprint density at radius 3 is 2.41 bits per heavy atom. The average Bonchev–Trinajstić information content (AvgIpc) is 2.51. The van der Waals surface area contributed by atoms with Crippen LogP contribution in [0.25, 0.3) is 0 Å². The van der Waals surface area contributed by atoms with Crippen molar-refractivity contribution in [1.82, 2.24) is 10.0 Å². The van der Waals surface area contributed by atoms with E-state index in [4.69, 9.17) is 9.47 Å². The van der Waals surface area contributed by atoms with Crippen molar-refractivity contribution in [3.8, 4) is 5.75 Å². The Kier molecular flexibility index (Phi) is 7.30. The normalized spacial score (nSPS) is 12.7. The van der Waals surface area contributed by atoms with Crippen LogP contribution in [0, 0.1) is 0 Å². The Labute approximate surface area is 131 Å². The molecule has 0 saturated carbocycles. The van der Waals surface area contributed by atoms with E-state index in [0.717, 1.165) is 0 Å². The van der Waals surface area contributed by atoms with E-state index < -0.39 is 16.1 Å². The largest absolute Gasteiger partial charge is 0.497 e. The van der Waals surface area contributed by atoms with Gasteiger partial charge < -0.3 is 14.8 Å². The van der Waals surface area contributed by atoms with Crippen LogP contribution in [0.15, 0.2) is 29.2 Å². The number of carbonyl (C=O) groups is 1. The van der Waals surface area contributed by atoms with E-state index in [1.165, 1.54) is 26.2 Å². The molecule has 0 bridgehead atoms. The smallest absolute Gasteiger partial charge is 0.241 e. The highest BCUT2D eigenvalue weighted by molar-refractivity contribution is 7.89. The third kappa shape index (κ3) is 5.63. The lowest BCUT2D eigenvalue weighted by Crippen LogP contribution is -2.45. The van der Waals surface area contributed by atoms with Gasteiger partial charge in [-0.1, -0.05) is 0 Å². The summed E-state index contributed by atoms with van der Waals surface area (Å²) in [5.41, 5.74) is 0. The van der Waals surface area contributed by atoms with Crippen molar-refractivity contribution in [3.05, 3.63) is 24.3 Å². The van der Waals surface area contributed by atoms with Crippen LogP contribution >= 0.6 is 0 Å². The molecule has 0 spiro atoms. The van der Waals surface area contributed by atoms with Crippen LogP contribution in [0.5, 0.6) is 5.75 Å². The van der Waals surface area contributed by atoms with E-state index in [1.807, 2.05) is 0 Å². The van der Waals surface area contributed by atoms with Crippen LogP contribution in [0.4, 0.5) is 0 Å². The second-order valence-corrected chi connectivity index (χ2v) is 6.37. The van der Waals surface area contributed by atoms with Gasteiger partial charge in [0, 0.05) is 20.3 Å². The lowest BCUT2D eigenvalue weighted by molar-refractivity contribution is -0.122. The molecule has 0 fully saturated rings. The molecule has 0 aromatic heterocycles. The summed E-state index contributed by atoms with van der Waals surface area (Å²) >= 11 is 0. The molecule has 0 heterocycles. The zero-order valence-electron chi connectivity index (χ0n) is 13.0. The molecule has 8 heteroatoms. The topological polar surface area (TPSA) is 93.7 Å². The molecule has 0 saturated heterocycles. The van der Waals surface area contributed by atoms with Crippen LogP contribution in [0.1, 0.15) is 13.3 Å². The lowest BCUT2D eigenvalue weighted by atomic mass is 10.3. The molecule has 0 radical (unpaired) electrons. The third-order valence-electron chi connectivity index (χ3n) is 2.92. The van der Waals surface area contributed by atoms with E-state index >= 15 is 0 Å². The zero-order chi connectivity index (χ0) is 16.6. The van der Waals surface area contributed by atoms with Gasteiger partial charge in [0.2, 0.25) is 15.9 Å². The van der Waals surface area contributed by atoms with Crippen LogP contribution < -0.4 is 14.8 Å². The maximum atomic E-state index is 12.2. The fourth-order valence-electron chi connectivity index (χ4n) is 1.69. The highest BCUT2D eigenvalue weighted by Gasteiger charge is 2.21. The first-order valence-electron chi connectivity index (χ1n) is 6.83. The van der Waals surface area contributed by atoms with E-state index in [2.05, 4.69) is 10.0 Å². The molecular formula is C14H22N2O5S. The molecule has 124 valence electrons. The summed E-state index contributed by atoms with van der Waals surface area (Å²) in [5, 5.41) is 2.64. The van der Waals surface area contributed by atoms with Crippen molar-refractivity contribution in [1.29, 1.82) is 0 Å². The minimum atomic E-state index is -3.76. The molecule has 1 aromatic carbocycles.